The number of hydrogen-bond donors (Lipinski definition) is 4. The summed E-state index contributed by atoms with van der Waals surface area (Å²) < 4.78 is 0. The number of rotatable bonds is 9. The largest absolute Gasteiger partial charge is 0.395 e. The van der Waals surface area contributed by atoms with Gasteiger partial charge in [0.15, 0.2) is 0 Å². The van der Waals surface area contributed by atoms with Crippen LogP contribution in [0.25, 0.3) is 0 Å². The van der Waals surface area contributed by atoms with Crippen molar-refractivity contribution in [2.45, 2.75) is 63.8 Å². The van der Waals surface area contributed by atoms with E-state index in [9.17, 15) is 9.90 Å². The van der Waals surface area contributed by atoms with Crippen molar-refractivity contribution in [1.29, 1.82) is 0 Å². The van der Waals surface area contributed by atoms with Crippen molar-refractivity contribution in [3.05, 3.63) is 12.2 Å². The van der Waals surface area contributed by atoms with Crippen LogP contribution in [0.5, 0.6) is 0 Å². The van der Waals surface area contributed by atoms with Crippen LogP contribution in [0, 0.1) is 23.7 Å². The summed E-state index contributed by atoms with van der Waals surface area (Å²) in [7, 11) is 0. The van der Waals surface area contributed by atoms with Crippen molar-refractivity contribution in [2.75, 3.05) is 32.8 Å². The molecule has 1 aliphatic heterocycles. The minimum atomic E-state index is -0.446. The molecule has 3 atom stereocenters. The monoisotopic (exact) mass is 393 g/mol. The van der Waals surface area contributed by atoms with Crippen LogP contribution in [0.4, 0.5) is 0 Å². The van der Waals surface area contributed by atoms with E-state index in [1.165, 1.54) is 57.6 Å². The highest BCUT2D eigenvalue weighted by Crippen LogP contribution is 2.36. The summed E-state index contributed by atoms with van der Waals surface area (Å²) in [5, 5.41) is 21.8. The summed E-state index contributed by atoms with van der Waals surface area (Å²) in [6, 6.07) is 0.765. The zero-order valence-electron chi connectivity index (χ0n) is 17.2. The zero-order chi connectivity index (χ0) is 19.8. The molecule has 3 aliphatic rings. The molecule has 0 bridgehead atoms. The van der Waals surface area contributed by atoms with Crippen LogP contribution in [0.2, 0.25) is 0 Å². The smallest absolute Gasteiger partial charge is 0.267 e. The summed E-state index contributed by atoms with van der Waals surface area (Å²) in [4.78, 5) is 13.6. The van der Waals surface area contributed by atoms with Crippen molar-refractivity contribution in [2.24, 2.45) is 23.7 Å². The molecule has 2 aliphatic carbocycles. The Labute approximate surface area is 169 Å². The molecule has 6 nitrogen and oxygen atoms in total. The van der Waals surface area contributed by atoms with Crippen molar-refractivity contribution in [3.8, 4) is 0 Å². The van der Waals surface area contributed by atoms with E-state index in [1.807, 2.05) is 6.08 Å². The fraction of sp³-hybridized carbons (Fsp3) is 0.864. The Balaban J connectivity index is 1.40. The van der Waals surface area contributed by atoms with Gasteiger partial charge >= 0.3 is 0 Å². The van der Waals surface area contributed by atoms with Gasteiger partial charge in [-0.1, -0.05) is 18.9 Å². The molecule has 1 saturated heterocycles. The maximum Gasteiger partial charge on any atom is 0.267 e. The van der Waals surface area contributed by atoms with Gasteiger partial charge in [0.2, 0.25) is 0 Å². The molecule has 0 aromatic carbocycles. The Morgan fingerprint density at radius 3 is 2.64 bits per heavy atom. The number of carbonyl (C=O) groups is 1. The minimum absolute atomic E-state index is 0.239. The number of fused-ring (bicyclic) bond motifs is 1. The second-order valence-corrected chi connectivity index (χ2v) is 9.15. The lowest BCUT2D eigenvalue weighted by molar-refractivity contribution is -0.124. The molecule has 0 aromatic heterocycles. The molecule has 160 valence electrons. The molecule has 3 unspecified atom stereocenters. The summed E-state index contributed by atoms with van der Waals surface area (Å²) in [5.74, 6) is 2.37. The lowest BCUT2D eigenvalue weighted by atomic mass is 9.78. The number of aliphatic hydroxyl groups is 1. The van der Waals surface area contributed by atoms with Gasteiger partial charge in [0, 0.05) is 25.2 Å². The number of nitrogens with one attached hydrogen (secondary N) is 2. The van der Waals surface area contributed by atoms with Gasteiger partial charge in [0.05, 0.1) is 6.61 Å². The van der Waals surface area contributed by atoms with E-state index in [4.69, 9.17) is 5.21 Å². The minimum Gasteiger partial charge on any atom is -0.395 e. The van der Waals surface area contributed by atoms with Gasteiger partial charge in [0.25, 0.3) is 5.91 Å². The van der Waals surface area contributed by atoms with Gasteiger partial charge in [-0.3, -0.25) is 10.0 Å². The molecule has 28 heavy (non-hydrogen) atoms. The van der Waals surface area contributed by atoms with Crippen LogP contribution in [-0.4, -0.2) is 59.9 Å². The molecule has 3 fully saturated rings. The van der Waals surface area contributed by atoms with Crippen molar-refractivity contribution in [3.63, 3.8) is 0 Å². The van der Waals surface area contributed by atoms with E-state index in [-0.39, 0.29) is 6.61 Å². The lowest BCUT2D eigenvalue weighted by Crippen LogP contribution is -2.36. The van der Waals surface area contributed by atoms with Gasteiger partial charge in [-0.15, -0.1) is 0 Å². The summed E-state index contributed by atoms with van der Waals surface area (Å²) in [6.07, 6.45) is 14.7. The van der Waals surface area contributed by atoms with Gasteiger partial charge in [-0.2, -0.15) is 0 Å². The first kappa shape index (κ1) is 21.8. The molecule has 0 radical (unpaired) electrons. The maximum atomic E-state index is 11.1. The summed E-state index contributed by atoms with van der Waals surface area (Å²) in [5.41, 5.74) is 1.65. The van der Waals surface area contributed by atoms with E-state index < -0.39 is 5.91 Å². The molecule has 1 heterocycles. The number of hydroxylamine groups is 1. The highest BCUT2D eigenvalue weighted by molar-refractivity contribution is 5.86. The fourth-order valence-electron chi connectivity index (χ4n) is 5.72. The van der Waals surface area contributed by atoms with Crippen LogP contribution in [0.1, 0.15) is 57.8 Å². The van der Waals surface area contributed by atoms with Crippen LogP contribution in [0.3, 0.4) is 0 Å². The molecule has 0 spiro atoms. The summed E-state index contributed by atoms with van der Waals surface area (Å²) in [6.45, 7) is 4.39. The molecule has 6 heteroatoms. The third kappa shape index (κ3) is 6.28. The normalized spacial score (nSPS) is 33.3. The Bertz CT molecular complexity index is 505. The third-order valence-electron chi connectivity index (χ3n) is 7.34. The molecule has 2 saturated carbocycles. The van der Waals surface area contributed by atoms with E-state index in [2.05, 4.69) is 10.2 Å². The van der Waals surface area contributed by atoms with E-state index in [0.717, 1.165) is 50.4 Å². The Kier molecular flexibility index (Phi) is 8.77. The predicted octanol–water partition coefficient (Wildman–Crippen LogP) is 2.32. The lowest BCUT2D eigenvalue weighted by Gasteiger charge is -2.33. The van der Waals surface area contributed by atoms with Gasteiger partial charge in [0.1, 0.15) is 0 Å². The number of nitrogens with zero attached hydrogens (tertiary/aromatic N) is 1. The number of allylic oxidation sites excluding steroid dienone is 1. The van der Waals surface area contributed by atoms with Crippen molar-refractivity contribution >= 4 is 5.91 Å². The average molecular weight is 394 g/mol. The molecule has 1 amide bonds. The van der Waals surface area contributed by atoms with Crippen LogP contribution in [-0.2, 0) is 4.79 Å². The molecule has 3 rings (SSSR count). The number of aliphatic hydroxyl groups excluding tert-OH is 1. The Morgan fingerprint density at radius 1 is 1.11 bits per heavy atom. The van der Waals surface area contributed by atoms with Crippen molar-refractivity contribution in [1.82, 2.24) is 15.7 Å². The topological polar surface area (TPSA) is 84.8 Å². The van der Waals surface area contributed by atoms with E-state index >= 15 is 0 Å². The first-order chi connectivity index (χ1) is 13.7. The molecule has 0 aromatic rings. The zero-order valence-corrected chi connectivity index (χ0v) is 17.2. The number of hydrogen-bond acceptors (Lipinski definition) is 5. The Hall–Kier alpha value is -0.950. The SMILES string of the molecule is O=C(/C=C/C1CCC(CN(CCO)CCC2CNC3CCCCC23)CC1)NO. The summed E-state index contributed by atoms with van der Waals surface area (Å²) >= 11 is 0. The van der Waals surface area contributed by atoms with Gasteiger partial charge < -0.3 is 15.3 Å². The second kappa shape index (κ2) is 11.3. The van der Waals surface area contributed by atoms with E-state index in [1.54, 1.807) is 5.48 Å². The molecule has 4 N–H and O–H groups in total. The number of amides is 1. The predicted molar refractivity (Wildman–Crippen MR) is 110 cm³/mol. The van der Waals surface area contributed by atoms with Crippen LogP contribution < -0.4 is 10.8 Å². The molecular formula is C22H39N3O3. The number of carbonyl (C=O) groups excluding carboxylic acids is 1. The second-order valence-electron chi connectivity index (χ2n) is 9.15. The highest BCUT2D eigenvalue weighted by atomic mass is 16.5. The van der Waals surface area contributed by atoms with Gasteiger partial charge in [-0.25, -0.2) is 5.48 Å². The average Bonchev–Trinajstić information content (AvgIpc) is 3.14. The quantitative estimate of drug-likeness (QED) is 0.274. The standard InChI is InChI=1S/C22H39N3O3/c26-14-13-25(12-11-19-15-23-21-4-2-1-3-20(19)21)16-18-7-5-17(6-8-18)9-10-22(27)24-28/h9-10,17-21,23,26,28H,1-8,11-16H2,(H,24,27)/b10-9+. The first-order valence-electron chi connectivity index (χ1n) is 11.4. The van der Waals surface area contributed by atoms with Gasteiger partial charge in [-0.05, 0) is 81.7 Å². The third-order valence-corrected chi connectivity index (χ3v) is 7.34. The first-order valence-corrected chi connectivity index (χ1v) is 11.4. The van der Waals surface area contributed by atoms with Crippen molar-refractivity contribution < 1.29 is 15.1 Å². The highest BCUT2D eigenvalue weighted by Gasteiger charge is 2.36. The maximum absolute atomic E-state index is 11.1. The molecular weight excluding hydrogens is 354 g/mol. The van der Waals surface area contributed by atoms with Crippen LogP contribution >= 0.6 is 0 Å². The Morgan fingerprint density at radius 2 is 1.89 bits per heavy atom. The van der Waals surface area contributed by atoms with E-state index in [0.29, 0.717) is 11.8 Å². The fourth-order valence-corrected chi connectivity index (χ4v) is 5.72. The van der Waals surface area contributed by atoms with Crippen LogP contribution in [0.15, 0.2) is 12.2 Å².